The van der Waals surface area contributed by atoms with Crippen molar-refractivity contribution in [3.8, 4) is 0 Å². The molecule has 1 aliphatic rings. The highest BCUT2D eigenvalue weighted by Gasteiger charge is 2.34. The smallest absolute Gasteiger partial charge is 0.254 e. The molecule has 0 bridgehead atoms. The molecule has 36 heavy (non-hydrogen) atoms. The first-order valence-corrected chi connectivity index (χ1v) is 14.1. The van der Waals surface area contributed by atoms with Crippen LogP contribution in [0.25, 0.3) is 0 Å². The van der Waals surface area contributed by atoms with Gasteiger partial charge in [0, 0.05) is 28.6 Å². The van der Waals surface area contributed by atoms with Crippen molar-refractivity contribution in [2.24, 2.45) is 5.92 Å². The molecule has 0 aliphatic carbocycles. The van der Waals surface area contributed by atoms with Crippen LogP contribution in [0.5, 0.6) is 0 Å². The first-order valence-electron chi connectivity index (χ1n) is 12.9. The Bertz CT molecular complexity index is 1170. The highest BCUT2D eigenvalue weighted by molar-refractivity contribution is 7.10. The fourth-order valence-corrected chi connectivity index (χ4v) is 5.91. The van der Waals surface area contributed by atoms with E-state index in [9.17, 15) is 9.59 Å². The number of fused-ring (bicyclic) bond motifs is 1. The molecule has 4 nitrogen and oxygen atoms in total. The summed E-state index contributed by atoms with van der Waals surface area (Å²) in [6, 6.07) is 17.6. The Labute approximate surface area is 223 Å². The molecule has 6 heteroatoms. The number of halogens is 1. The third-order valence-corrected chi connectivity index (χ3v) is 7.94. The molecule has 1 aliphatic heterocycles. The predicted octanol–water partition coefficient (Wildman–Crippen LogP) is 7.02. The van der Waals surface area contributed by atoms with Crippen LogP contribution in [0.2, 0.25) is 5.02 Å². The zero-order chi connectivity index (χ0) is 25.7. The largest absolute Gasteiger partial charge is 0.330 e. The SMILES string of the molecule is CCCCc1ccc(C(=O)N(CC(=O)N2CCc3sccc3[C@H]2c2ccc(Cl)cc2)CC(C)C)cc1. The molecule has 1 atom stereocenters. The lowest BCUT2D eigenvalue weighted by molar-refractivity contribution is -0.134. The zero-order valence-corrected chi connectivity index (χ0v) is 22.9. The van der Waals surface area contributed by atoms with Gasteiger partial charge in [0.2, 0.25) is 5.91 Å². The van der Waals surface area contributed by atoms with Crippen LogP contribution in [-0.4, -0.2) is 41.2 Å². The first kappa shape index (κ1) is 26.4. The Balaban J connectivity index is 1.56. The Morgan fingerprint density at radius 2 is 1.81 bits per heavy atom. The number of hydrogen-bond acceptors (Lipinski definition) is 3. The van der Waals surface area contributed by atoms with Gasteiger partial charge < -0.3 is 9.80 Å². The number of aryl methyl sites for hydroxylation is 1. The van der Waals surface area contributed by atoms with Gasteiger partial charge in [-0.1, -0.05) is 63.1 Å². The number of carbonyl (C=O) groups excluding carboxylic acids is 2. The fraction of sp³-hybridized carbons (Fsp3) is 0.400. The van der Waals surface area contributed by atoms with Gasteiger partial charge in [-0.05, 0) is 77.6 Å². The predicted molar refractivity (Wildman–Crippen MR) is 149 cm³/mol. The molecule has 4 rings (SSSR count). The third-order valence-electron chi connectivity index (χ3n) is 6.69. The maximum absolute atomic E-state index is 13.8. The molecule has 0 fully saturated rings. The number of thiophene rings is 1. The van der Waals surface area contributed by atoms with Crippen LogP contribution in [0, 0.1) is 5.92 Å². The summed E-state index contributed by atoms with van der Waals surface area (Å²) in [5.74, 6) is 0.137. The number of benzene rings is 2. The van der Waals surface area contributed by atoms with Crippen LogP contribution < -0.4 is 0 Å². The van der Waals surface area contributed by atoms with Crippen molar-refractivity contribution in [1.29, 1.82) is 0 Å². The highest BCUT2D eigenvalue weighted by atomic mass is 35.5. The average molecular weight is 523 g/mol. The van der Waals surface area contributed by atoms with E-state index in [0.717, 1.165) is 31.2 Å². The summed E-state index contributed by atoms with van der Waals surface area (Å²) in [6.07, 6.45) is 4.13. The topological polar surface area (TPSA) is 40.6 Å². The summed E-state index contributed by atoms with van der Waals surface area (Å²) in [6.45, 7) is 7.57. The van der Waals surface area contributed by atoms with Gasteiger partial charge in [-0.2, -0.15) is 0 Å². The molecule has 0 N–H and O–H groups in total. The summed E-state index contributed by atoms with van der Waals surface area (Å²) in [5, 5.41) is 2.77. The van der Waals surface area contributed by atoms with Gasteiger partial charge in [-0.15, -0.1) is 11.3 Å². The van der Waals surface area contributed by atoms with E-state index >= 15 is 0 Å². The van der Waals surface area contributed by atoms with Crippen molar-refractivity contribution < 1.29 is 9.59 Å². The van der Waals surface area contributed by atoms with Gasteiger partial charge in [-0.3, -0.25) is 9.59 Å². The van der Waals surface area contributed by atoms with E-state index in [2.05, 4.69) is 32.2 Å². The molecule has 3 aromatic rings. The first-order chi connectivity index (χ1) is 17.4. The minimum absolute atomic E-state index is 0.0274. The van der Waals surface area contributed by atoms with E-state index in [4.69, 9.17) is 11.6 Å². The van der Waals surface area contributed by atoms with Crippen molar-refractivity contribution in [2.45, 2.75) is 52.5 Å². The highest BCUT2D eigenvalue weighted by Crippen LogP contribution is 2.38. The van der Waals surface area contributed by atoms with E-state index < -0.39 is 0 Å². The minimum atomic E-state index is -0.168. The van der Waals surface area contributed by atoms with E-state index in [1.165, 1.54) is 16.0 Å². The lowest BCUT2D eigenvalue weighted by Crippen LogP contribution is -2.47. The Morgan fingerprint density at radius 1 is 1.08 bits per heavy atom. The molecule has 0 radical (unpaired) electrons. The number of hydrogen-bond donors (Lipinski definition) is 0. The third kappa shape index (κ3) is 6.19. The second-order valence-electron chi connectivity index (χ2n) is 9.97. The molecule has 2 amide bonds. The molecule has 1 aromatic heterocycles. The van der Waals surface area contributed by atoms with Crippen LogP contribution in [0.15, 0.2) is 60.0 Å². The van der Waals surface area contributed by atoms with Crippen LogP contribution in [0.3, 0.4) is 0 Å². The Hall–Kier alpha value is -2.63. The van der Waals surface area contributed by atoms with Crippen LogP contribution in [0.1, 0.15) is 71.6 Å². The van der Waals surface area contributed by atoms with Crippen molar-refractivity contribution in [2.75, 3.05) is 19.6 Å². The molecule has 0 saturated heterocycles. The molecule has 2 heterocycles. The maximum Gasteiger partial charge on any atom is 0.254 e. The van der Waals surface area contributed by atoms with Gasteiger partial charge in [0.15, 0.2) is 0 Å². The Kier molecular flexibility index (Phi) is 8.86. The van der Waals surface area contributed by atoms with Gasteiger partial charge in [0.25, 0.3) is 5.91 Å². The van der Waals surface area contributed by atoms with E-state index in [0.29, 0.717) is 23.7 Å². The number of carbonyl (C=O) groups is 2. The number of nitrogens with zero attached hydrogens (tertiary/aromatic N) is 2. The lowest BCUT2D eigenvalue weighted by atomic mass is 9.93. The standard InChI is InChI=1S/C30H35ClN2O2S/c1-4-5-6-22-7-9-24(10-8-22)30(35)32(19-21(2)3)20-28(34)33-17-15-27-26(16-18-36-27)29(33)23-11-13-25(31)14-12-23/h7-14,16,18,21,29H,4-6,15,17,19-20H2,1-3H3/t29-/m1/s1. The monoisotopic (exact) mass is 522 g/mol. The van der Waals surface area contributed by atoms with Crippen molar-refractivity contribution in [3.05, 3.63) is 92.1 Å². The average Bonchev–Trinajstić information content (AvgIpc) is 3.35. The summed E-state index contributed by atoms with van der Waals surface area (Å²) in [4.78, 5) is 32.3. The number of amides is 2. The number of unbranched alkanes of at least 4 members (excludes halogenated alkanes) is 1. The summed E-state index contributed by atoms with van der Waals surface area (Å²) in [5.41, 5.74) is 4.09. The molecule has 0 unspecified atom stereocenters. The molecule has 2 aromatic carbocycles. The molecule has 0 saturated carbocycles. The van der Waals surface area contributed by atoms with E-state index in [-0.39, 0.29) is 30.3 Å². The zero-order valence-electron chi connectivity index (χ0n) is 21.4. The summed E-state index contributed by atoms with van der Waals surface area (Å²) >= 11 is 7.89. The van der Waals surface area contributed by atoms with E-state index in [1.54, 1.807) is 16.2 Å². The fourth-order valence-electron chi connectivity index (χ4n) is 4.88. The van der Waals surface area contributed by atoms with Crippen molar-refractivity contribution in [1.82, 2.24) is 9.80 Å². The van der Waals surface area contributed by atoms with Gasteiger partial charge >= 0.3 is 0 Å². The van der Waals surface area contributed by atoms with E-state index in [1.807, 2.05) is 53.4 Å². The normalized spacial score (nSPS) is 15.1. The van der Waals surface area contributed by atoms with Gasteiger partial charge in [0.1, 0.15) is 6.54 Å². The molecular formula is C30H35ClN2O2S. The molecule has 190 valence electrons. The summed E-state index contributed by atoms with van der Waals surface area (Å²) < 4.78 is 0. The summed E-state index contributed by atoms with van der Waals surface area (Å²) in [7, 11) is 0. The van der Waals surface area contributed by atoms with Crippen molar-refractivity contribution >= 4 is 34.8 Å². The minimum Gasteiger partial charge on any atom is -0.330 e. The van der Waals surface area contributed by atoms with Crippen LogP contribution >= 0.6 is 22.9 Å². The maximum atomic E-state index is 13.8. The number of rotatable bonds is 9. The van der Waals surface area contributed by atoms with Gasteiger partial charge in [0.05, 0.1) is 6.04 Å². The second-order valence-corrected chi connectivity index (χ2v) is 11.4. The van der Waals surface area contributed by atoms with Gasteiger partial charge in [-0.25, -0.2) is 0 Å². The van der Waals surface area contributed by atoms with Crippen molar-refractivity contribution in [3.63, 3.8) is 0 Å². The molecule has 0 spiro atoms. The quantitative estimate of drug-likeness (QED) is 0.303. The van der Waals surface area contributed by atoms with Crippen LogP contribution in [-0.2, 0) is 17.6 Å². The lowest BCUT2D eigenvalue weighted by Gasteiger charge is -2.38. The second kappa shape index (κ2) is 12.1. The Morgan fingerprint density at radius 3 is 2.47 bits per heavy atom. The molecular weight excluding hydrogens is 488 g/mol. The van der Waals surface area contributed by atoms with Crippen LogP contribution in [0.4, 0.5) is 0 Å².